The van der Waals surface area contributed by atoms with Crippen LogP contribution in [0.4, 0.5) is 0 Å². The molecular formula is C9H20ClNO. The highest BCUT2D eigenvalue weighted by atomic mass is 35.5. The predicted octanol–water partition coefficient (Wildman–Crippen LogP) is -1.74. The summed E-state index contributed by atoms with van der Waals surface area (Å²) in [5.41, 5.74) is 0. The summed E-state index contributed by atoms with van der Waals surface area (Å²) in [6, 6.07) is 0.766. The minimum Gasteiger partial charge on any atom is -1.00 e. The quantitative estimate of drug-likeness (QED) is 0.382. The number of hydrogen-bond acceptors (Lipinski definition) is 1. The number of nitrogens with zero attached hydrogens (tertiary/aromatic N) is 1. The van der Waals surface area contributed by atoms with Gasteiger partial charge in [-0.15, -0.1) is 0 Å². The van der Waals surface area contributed by atoms with E-state index < -0.39 is 0 Å². The second kappa shape index (κ2) is 4.45. The van der Waals surface area contributed by atoms with Gasteiger partial charge in [-0.3, -0.25) is 0 Å². The number of halogens is 1. The van der Waals surface area contributed by atoms with Gasteiger partial charge in [-0.05, 0) is 6.42 Å². The summed E-state index contributed by atoms with van der Waals surface area (Å²) >= 11 is 0. The van der Waals surface area contributed by atoms with Crippen molar-refractivity contribution < 1.29 is 21.6 Å². The van der Waals surface area contributed by atoms with Crippen LogP contribution in [0.1, 0.15) is 19.8 Å². The lowest BCUT2D eigenvalue weighted by atomic mass is 10.1. The number of quaternary nitrogens is 1. The van der Waals surface area contributed by atoms with Crippen molar-refractivity contribution in [3.05, 3.63) is 0 Å². The van der Waals surface area contributed by atoms with E-state index in [0.29, 0.717) is 6.10 Å². The van der Waals surface area contributed by atoms with Gasteiger partial charge in [0, 0.05) is 6.42 Å². The van der Waals surface area contributed by atoms with Gasteiger partial charge < -0.3 is 21.6 Å². The maximum atomic E-state index is 5.23. The third-order valence-corrected chi connectivity index (χ3v) is 2.50. The van der Waals surface area contributed by atoms with Crippen molar-refractivity contribution in [2.75, 3.05) is 27.7 Å². The van der Waals surface area contributed by atoms with Gasteiger partial charge in [-0.25, -0.2) is 0 Å². The number of rotatable bonds is 4. The molecule has 1 rings (SSSR count). The Labute approximate surface area is 81.9 Å². The van der Waals surface area contributed by atoms with E-state index in [4.69, 9.17) is 4.74 Å². The van der Waals surface area contributed by atoms with E-state index in [1.165, 1.54) is 12.8 Å². The first-order valence-electron chi connectivity index (χ1n) is 4.46. The zero-order valence-electron chi connectivity index (χ0n) is 8.51. The summed E-state index contributed by atoms with van der Waals surface area (Å²) < 4.78 is 6.29. The lowest BCUT2D eigenvalue weighted by Gasteiger charge is -2.33. The molecule has 0 bridgehead atoms. The highest BCUT2D eigenvalue weighted by molar-refractivity contribution is 4.73. The Kier molecular flexibility index (Phi) is 4.53. The standard InChI is InChI=1S/C9H20NO.ClH/c1-5-8(10(2,3)4)6-9-7-11-9;/h8-9H,5-7H2,1-4H3;1H/q+1;/p-1. The van der Waals surface area contributed by atoms with E-state index in [-0.39, 0.29) is 12.4 Å². The van der Waals surface area contributed by atoms with Crippen molar-refractivity contribution in [3.8, 4) is 0 Å². The van der Waals surface area contributed by atoms with Crippen LogP contribution < -0.4 is 12.4 Å². The van der Waals surface area contributed by atoms with E-state index in [0.717, 1.165) is 17.1 Å². The largest absolute Gasteiger partial charge is 1.00 e. The maximum Gasteiger partial charge on any atom is 0.0907 e. The molecule has 2 unspecified atom stereocenters. The van der Waals surface area contributed by atoms with Gasteiger partial charge in [0.2, 0.25) is 0 Å². The van der Waals surface area contributed by atoms with Crippen LogP contribution in [0, 0.1) is 0 Å². The van der Waals surface area contributed by atoms with Crippen LogP contribution in [0.5, 0.6) is 0 Å². The van der Waals surface area contributed by atoms with E-state index in [1.54, 1.807) is 0 Å². The molecule has 1 fully saturated rings. The van der Waals surface area contributed by atoms with Crippen molar-refractivity contribution in [1.82, 2.24) is 0 Å². The number of ether oxygens (including phenoxy) is 1. The van der Waals surface area contributed by atoms with Gasteiger partial charge in [0.05, 0.1) is 39.9 Å². The predicted molar refractivity (Wildman–Crippen MR) is 46.5 cm³/mol. The van der Waals surface area contributed by atoms with Crippen LogP contribution >= 0.6 is 0 Å². The Hall–Kier alpha value is 0.210. The molecule has 1 saturated heterocycles. The van der Waals surface area contributed by atoms with Crippen molar-refractivity contribution >= 4 is 0 Å². The Morgan fingerprint density at radius 3 is 2.17 bits per heavy atom. The molecule has 0 radical (unpaired) electrons. The third-order valence-electron chi connectivity index (χ3n) is 2.50. The van der Waals surface area contributed by atoms with Crippen molar-refractivity contribution in [2.24, 2.45) is 0 Å². The van der Waals surface area contributed by atoms with E-state index >= 15 is 0 Å². The summed E-state index contributed by atoms with van der Waals surface area (Å²) in [5.74, 6) is 0. The van der Waals surface area contributed by atoms with Crippen LogP contribution in [-0.2, 0) is 4.74 Å². The third kappa shape index (κ3) is 3.74. The second-order valence-electron chi connectivity index (χ2n) is 4.37. The molecule has 1 aliphatic rings. The minimum atomic E-state index is 0. The molecule has 2 atom stereocenters. The van der Waals surface area contributed by atoms with Crippen LogP contribution in [0.2, 0.25) is 0 Å². The van der Waals surface area contributed by atoms with Crippen molar-refractivity contribution in [2.45, 2.75) is 31.9 Å². The Morgan fingerprint density at radius 1 is 1.42 bits per heavy atom. The Bertz CT molecular complexity index is 129. The summed E-state index contributed by atoms with van der Waals surface area (Å²) in [5, 5.41) is 0. The zero-order valence-corrected chi connectivity index (χ0v) is 9.27. The molecule has 0 aromatic carbocycles. The molecule has 0 aromatic heterocycles. The first kappa shape index (κ1) is 12.2. The molecule has 1 heterocycles. The molecule has 74 valence electrons. The summed E-state index contributed by atoms with van der Waals surface area (Å²) in [6.07, 6.45) is 3.07. The van der Waals surface area contributed by atoms with E-state index in [9.17, 15) is 0 Å². The Morgan fingerprint density at radius 2 is 1.92 bits per heavy atom. The fraction of sp³-hybridized carbons (Fsp3) is 1.00. The maximum absolute atomic E-state index is 5.23. The Balaban J connectivity index is 0.00000121. The molecular weight excluding hydrogens is 174 g/mol. The summed E-state index contributed by atoms with van der Waals surface area (Å²) in [6.45, 7) is 3.26. The van der Waals surface area contributed by atoms with Gasteiger partial charge in [0.1, 0.15) is 0 Å². The normalized spacial score (nSPS) is 24.5. The highest BCUT2D eigenvalue weighted by Gasteiger charge is 2.31. The average Bonchev–Trinajstić information content (AvgIpc) is 2.62. The highest BCUT2D eigenvalue weighted by Crippen LogP contribution is 2.22. The summed E-state index contributed by atoms with van der Waals surface area (Å²) in [4.78, 5) is 0. The molecule has 2 nitrogen and oxygen atoms in total. The monoisotopic (exact) mass is 193 g/mol. The first-order chi connectivity index (χ1) is 5.04. The van der Waals surface area contributed by atoms with Crippen LogP contribution in [0.15, 0.2) is 0 Å². The average molecular weight is 194 g/mol. The lowest BCUT2D eigenvalue weighted by Crippen LogP contribution is -3.00. The van der Waals surface area contributed by atoms with Gasteiger partial charge in [0.15, 0.2) is 0 Å². The van der Waals surface area contributed by atoms with Crippen molar-refractivity contribution in [3.63, 3.8) is 0 Å². The summed E-state index contributed by atoms with van der Waals surface area (Å²) in [7, 11) is 6.78. The molecule has 0 amide bonds. The second-order valence-corrected chi connectivity index (χ2v) is 4.37. The molecule has 0 aliphatic carbocycles. The van der Waals surface area contributed by atoms with Crippen LogP contribution in [-0.4, -0.2) is 44.4 Å². The van der Waals surface area contributed by atoms with Gasteiger partial charge in [0.25, 0.3) is 0 Å². The van der Waals surface area contributed by atoms with Crippen molar-refractivity contribution in [1.29, 1.82) is 0 Å². The van der Waals surface area contributed by atoms with E-state index in [2.05, 4.69) is 28.1 Å². The SMILES string of the molecule is CCC(CC1CO1)[N+](C)(C)C.[Cl-]. The van der Waals surface area contributed by atoms with Gasteiger partial charge >= 0.3 is 0 Å². The van der Waals surface area contributed by atoms with E-state index in [1.807, 2.05) is 0 Å². The van der Waals surface area contributed by atoms with Crippen LogP contribution in [0.3, 0.4) is 0 Å². The lowest BCUT2D eigenvalue weighted by molar-refractivity contribution is -0.896. The fourth-order valence-electron chi connectivity index (χ4n) is 1.54. The first-order valence-corrected chi connectivity index (χ1v) is 4.46. The van der Waals surface area contributed by atoms with Crippen LogP contribution in [0.25, 0.3) is 0 Å². The fourth-order valence-corrected chi connectivity index (χ4v) is 1.54. The molecule has 0 N–H and O–H groups in total. The van der Waals surface area contributed by atoms with Gasteiger partial charge in [-0.2, -0.15) is 0 Å². The smallest absolute Gasteiger partial charge is 0.0907 e. The molecule has 3 heteroatoms. The molecule has 12 heavy (non-hydrogen) atoms. The number of epoxide rings is 1. The van der Waals surface area contributed by atoms with Gasteiger partial charge in [-0.1, -0.05) is 6.92 Å². The molecule has 0 spiro atoms. The minimum absolute atomic E-state index is 0. The molecule has 1 aliphatic heterocycles. The number of hydrogen-bond donors (Lipinski definition) is 0. The topological polar surface area (TPSA) is 12.5 Å². The molecule has 0 saturated carbocycles. The zero-order chi connectivity index (χ0) is 8.48. The molecule has 0 aromatic rings.